The third kappa shape index (κ3) is 3.50. The van der Waals surface area contributed by atoms with E-state index in [1.165, 1.54) is 54.9 Å². The van der Waals surface area contributed by atoms with Gasteiger partial charge in [0.05, 0.1) is 7.11 Å². The molecule has 1 saturated heterocycles. The summed E-state index contributed by atoms with van der Waals surface area (Å²) in [4.78, 5) is 0. The highest BCUT2D eigenvalue weighted by molar-refractivity contribution is 7.99. The number of fused-ring (bicyclic) bond motifs is 1. The first-order valence-electron chi connectivity index (χ1n) is 7.82. The largest absolute Gasteiger partial charge is 0.497 e. The minimum atomic E-state index is 0.657. The number of rotatable bonds is 4. The fourth-order valence-corrected chi connectivity index (χ4v) is 4.52. The van der Waals surface area contributed by atoms with E-state index in [1.807, 2.05) is 0 Å². The Kier molecular flexibility index (Phi) is 4.90. The molecule has 1 aromatic carbocycles. The smallest absolute Gasteiger partial charge is 0.119 e. The van der Waals surface area contributed by atoms with E-state index in [0.29, 0.717) is 6.04 Å². The molecule has 1 N–H and O–H groups in total. The van der Waals surface area contributed by atoms with Crippen LogP contribution in [0.4, 0.5) is 0 Å². The van der Waals surface area contributed by atoms with Crippen LogP contribution in [-0.4, -0.2) is 31.2 Å². The summed E-state index contributed by atoms with van der Waals surface area (Å²) in [5.41, 5.74) is 2.99. The summed E-state index contributed by atoms with van der Waals surface area (Å²) in [5.74, 6) is 4.62. The van der Waals surface area contributed by atoms with Crippen LogP contribution in [0.25, 0.3) is 0 Å². The van der Waals surface area contributed by atoms with E-state index in [4.69, 9.17) is 4.74 Å². The normalized spacial score (nSPS) is 23.4. The molecular weight excluding hydrogens is 266 g/mol. The lowest BCUT2D eigenvalue weighted by Crippen LogP contribution is -2.38. The lowest BCUT2D eigenvalue weighted by Gasteiger charge is -2.29. The lowest BCUT2D eigenvalue weighted by molar-refractivity contribution is 0.382. The van der Waals surface area contributed by atoms with Crippen molar-refractivity contribution in [3.63, 3.8) is 0 Å². The SMILES string of the molecule is COc1ccc2c(c1)CC(NCC1CCSCC1)CC2. The second kappa shape index (κ2) is 6.86. The number of hydrogen-bond donors (Lipinski definition) is 1. The number of benzene rings is 1. The molecule has 1 aromatic rings. The van der Waals surface area contributed by atoms with Crippen LogP contribution in [0, 0.1) is 5.92 Å². The molecule has 0 saturated carbocycles. The Bertz CT molecular complexity index is 443. The maximum atomic E-state index is 5.35. The number of thioether (sulfide) groups is 1. The molecule has 1 heterocycles. The zero-order valence-electron chi connectivity index (χ0n) is 12.4. The Morgan fingerprint density at radius 3 is 2.85 bits per heavy atom. The molecule has 0 radical (unpaired) electrons. The topological polar surface area (TPSA) is 21.3 Å². The monoisotopic (exact) mass is 291 g/mol. The van der Waals surface area contributed by atoms with Crippen molar-refractivity contribution in [1.82, 2.24) is 5.32 Å². The number of methoxy groups -OCH3 is 1. The van der Waals surface area contributed by atoms with Crippen molar-refractivity contribution in [3.05, 3.63) is 29.3 Å². The van der Waals surface area contributed by atoms with Gasteiger partial charge in [-0.1, -0.05) is 6.07 Å². The Morgan fingerprint density at radius 1 is 1.20 bits per heavy atom. The van der Waals surface area contributed by atoms with E-state index < -0.39 is 0 Å². The molecule has 3 rings (SSSR count). The fraction of sp³-hybridized carbons (Fsp3) is 0.647. The molecule has 0 amide bonds. The Hall–Kier alpha value is -0.670. The zero-order valence-corrected chi connectivity index (χ0v) is 13.2. The Morgan fingerprint density at radius 2 is 2.05 bits per heavy atom. The molecule has 1 aliphatic heterocycles. The molecule has 2 nitrogen and oxygen atoms in total. The minimum Gasteiger partial charge on any atom is -0.497 e. The van der Waals surface area contributed by atoms with E-state index in [9.17, 15) is 0 Å². The van der Waals surface area contributed by atoms with Gasteiger partial charge in [-0.25, -0.2) is 0 Å². The number of ether oxygens (including phenoxy) is 1. The third-order valence-corrected chi connectivity index (χ3v) is 5.73. The highest BCUT2D eigenvalue weighted by Crippen LogP contribution is 2.26. The lowest BCUT2D eigenvalue weighted by atomic mass is 9.87. The summed E-state index contributed by atoms with van der Waals surface area (Å²) in [6.45, 7) is 1.21. The van der Waals surface area contributed by atoms with Gasteiger partial charge in [-0.3, -0.25) is 0 Å². The quantitative estimate of drug-likeness (QED) is 0.920. The van der Waals surface area contributed by atoms with Crippen LogP contribution in [0.15, 0.2) is 18.2 Å². The molecule has 1 fully saturated rings. The van der Waals surface area contributed by atoms with Crippen molar-refractivity contribution >= 4 is 11.8 Å². The van der Waals surface area contributed by atoms with Gasteiger partial charge in [-0.15, -0.1) is 0 Å². The second-order valence-corrected chi connectivity index (χ2v) is 7.26. The first kappa shape index (κ1) is 14.3. The minimum absolute atomic E-state index is 0.657. The maximum absolute atomic E-state index is 5.35. The van der Waals surface area contributed by atoms with Crippen molar-refractivity contribution in [1.29, 1.82) is 0 Å². The average Bonchev–Trinajstić information content (AvgIpc) is 2.53. The van der Waals surface area contributed by atoms with Crippen LogP contribution in [0.5, 0.6) is 5.75 Å². The molecule has 0 aromatic heterocycles. The van der Waals surface area contributed by atoms with Crippen molar-refractivity contribution in [2.24, 2.45) is 5.92 Å². The summed E-state index contributed by atoms with van der Waals surface area (Å²) in [5, 5.41) is 3.82. The predicted octanol–water partition coefficient (Wildman–Crippen LogP) is 3.29. The predicted molar refractivity (Wildman–Crippen MR) is 86.9 cm³/mol. The van der Waals surface area contributed by atoms with Crippen LogP contribution in [-0.2, 0) is 12.8 Å². The van der Waals surface area contributed by atoms with Gasteiger partial charge < -0.3 is 10.1 Å². The second-order valence-electron chi connectivity index (χ2n) is 6.04. The molecule has 1 unspecified atom stereocenters. The van der Waals surface area contributed by atoms with Crippen LogP contribution >= 0.6 is 11.8 Å². The summed E-state index contributed by atoms with van der Waals surface area (Å²) >= 11 is 2.11. The average molecular weight is 291 g/mol. The summed E-state index contributed by atoms with van der Waals surface area (Å²) in [6, 6.07) is 7.21. The highest BCUT2D eigenvalue weighted by Gasteiger charge is 2.20. The van der Waals surface area contributed by atoms with Crippen molar-refractivity contribution < 1.29 is 4.74 Å². The Balaban J connectivity index is 1.54. The van der Waals surface area contributed by atoms with Crippen LogP contribution < -0.4 is 10.1 Å². The maximum Gasteiger partial charge on any atom is 0.119 e. The molecule has 0 bridgehead atoms. The van der Waals surface area contributed by atoms with E-state index in [1.54, 1.807) is 7.11 Å². The summed E-state index contributed by atoms with van der Waals surface area (Å²) in [6.07, 6.45) is 6.44. The Labute approximate surface area is 126 Å². The molecule has 20 heavy (non-hydrogen) atoms. The summed E-state index contributed by atoms with van der Waals surface area (Å²) < 4.78 is 5.35. The van der Waals surface area contributed by atoms with Crippen molar-refractivity contribution in [2.45, 2.75) is 38.1 Å². The van der Waals surface area contributed by atoms with Gasteiger partial charge in [0.15, 0.2) is 0 Å². The van der Waals surface area contributed by atoms with Crippen molar-refractivity contribution in [2.75, 3.05) is 25.2 Å². The number of aryl methyl sites for hydroxylation is 1. The van der Waals surface area contributed by atoms with Gasteiger partial charge in [0.1, 0.15) is 5.75 Å². The third-order valence-electron chi connectivity index (χ3n) is 4.68. The van der Waals surface area contributed by atoms with Crippen LogP contribution in [0.1, 0.15) is 30.4 Å². The summed E-state index contributed by atoms with van der Waals surface area (Å²) in [7, 11) is 1.75. The van der Waals surface area contributed by atoms with Crippen molar-refractivity contribution in [3.8, 4) is 5.75 Å². The van der Waals surface area contributed by atoms with Gasteiger partial charge in [0.25, 0.3) is 0 Å². The van der Waals surface area contributed by atoms with Gasteiger partial charge in [0.2, 0.25) is 0 Å². The molecular formula is C17H25NOS. The van der Waals surface area contributed by atoms with E-state index in [2.05, 4.69) is 35.3 Å². The van der Waals surface area contributed by atoms with E-state index in [-0.39, 0.29) is 0 Å². The van der Waals surface area contributed by atoms with Gasteiger partial charge >= 0.3 is 0 Å². The standard InChI is InChI=1S/C17H25NOS/c1-19-17-5-3-14-2-4-16(10-15(14)11-17)18-12-13-6-8-20-9-7-13/h3,5,11,13,16,18H,2,4,6-10,12H2,1H3. The molecule has 0 spiro atoms. The molecule has 1 aliphatic carbocycles. The van der Waals surface area contributed by atoms with E-state index >= 15 is 0 Å². The molecule has 1 atom stereocenters. The first-order chi connectivity index (χ1) is 9.85. The van der Waals surface area contributed by atoms with E-state index in [0.717, 1.165) is 18.1 Å². The van der Waals surface area contributed by atoms with Crippen LogP contribution in [0.2, 0.25) is 0 Å². The molecule has 3 heteroatoms. The molecule has 110 valence electrons. The number of nitrogens with one attached hydrogen (secondary N) is 1. The van der Waals surface area contributed by atoms with Gasteiger partial charge in [-0.2, -0.15) is 11.8 Å². The number of hydrogen-bond acceptors (Lipinski definition) is 3. The van der Waals surface area contributed by atoms with Crippen LogP contribution in [0.3, 0.4) is 0 Å². The van der Waals surface area contributed by atoms with Gasteiger partial charge in [0, 0.05) is 6.04 Å². The molecule has 2 aliphatic rings. The fourth-order valence-electron chi connectivity index (χ4n) is 3.32. The highest BCUT2D eigenvalue weighted by atomic mass is 32.2. The van der Waals surface area contributed by atoms with Gasteiger partial charge in [-0.05, 0) is 79.3 Å². The first-order valence-corrected chi connectivity index (χ1v) is 8.97. The zero-order chi connectivity index (χ0) is 13.8.